The molecule has 0 heterocycles. The maximum absolute atomic E-state index is 11.8. The maximum Gasteiger partial charge on any atom is 0.321 e. The summed E-state index contributed by atoms with van der Waals surface area (Å²) >= 11 is 5.97. The lowest BCUT2D eigenvalue weighted by Gasteiger charge is -2.18. The third-order valence-corrected chi connectivity index (χ3v) is 2.79. The summed E-state index contributed by atoms with van der Waals surface area (Å²) in [6, 6.07) is 2.77. The summed E-state index contributed by atoms with van der Waals surface area (Å²) in [6.07, 6.45) is 0. The van der Waals surface area contributed by atoms with Crippen LogP contribution in [0.5, 0.6) is 11.5 Å². The SMILES string of the molecule is COc1cc(NC(=O)N(C)CCO)c(OC)cc1Cl. The molecule has 0 saturated heterocycles. The number of benzene rings is 1. The number of likely N-dealkylation sites (N-methyl/N-ethyl adjacent to an activating group) is 1. The topological polar surface area (TPSA) is 71.0 Å². The number of nitrogens with zero attached hydrogens (tertiary/aromatic N) is 1. The van der Waals surface area contributed by atoms with E-state index < -0.39 is 0 Å². The first-order valence-electron chi connectivity index (χ1n) is 5.58. The number of carbonyl (C=O) groups is 1. The zero-order valence-corrected chi connectivity index (χ0v) is 11.8. The third-order valence-electron chi connectivity index (χ3n) is 2.50. The Kier molecular flexibility index (Phi) is 5.72. The molecule has 2 amide bonds. The summed E-state index contributed by atoms with van der Waals surface area (Å²) in [4.78, 5) is 13.2. The predicted molar refractivity (Wildman–Crippen MR) is 73.3 cm³/mol. The standard InChI is InChI=1S/C12H17ClN2O4/c1-15(4-5-16)12(17)14-9-7-10(18-2)8(13)6-11(9)19-3/h6-7,16H,4-5H2,1-3H3,(H,14,17). The molecule has 0 saturated carbocycles. The van der Waals surface area contributed by atoms with Gasteiger partial charge >= 0.3 is 6.03 Å². The molecule has 0 aliphatic rings. The van der Waals surface area contributed by atoms with Gasteiger partial charge in [0.2, 0.25) is 0 Å². The van der Waals surface area contributed by atoms with Gasteiger partial charge in [-0.05, 0) is 0 Å². The molecule has 1 rings (SSSR count). The third kappa shape index (κ3) is 3.90. The lowest BCUT2D eigenvalue weighted by Crippen LogP contribution is -2.33. The number of ether oxygens (including phenoxy) is 2. The Balaban J connectivity index is 2.96. The molecule has 19 heavy (non-hydrogen) atoms. The zero-order valence-electron chi connectivity index (χ0n) is 11.1. The van der Waals surface area contributed by atoms with Crippen LogP contribution in [0.15, 0.2) is 12.1 Å². The first kappa shape index (κ1) is 15.4. The van der Waals surface area contributed by atoms with E-state index in [4.69, 9.17) is 26.2 Å². The number of aliphatic hydroxyl groups is 1. The van der Waals surface area contributed by atoms with Crippen molar-refractivity contribution in [1.82, 2.24) is 4.90 Å². The number of halogens is 1. The van der Waals surface area contributed by atoms with E-state index in [1.54, 1.807) is 19.2 Å². The number of hydrogen-bond acceptors (Lipinski definition) is 4. The Labute approximate surface area is 116 Å². The quantitative estimate of drug-likeness (QED) is 0.867. The Hall–Kier alpha value is -1.66. The van der Waals surface area contributed by atoms with Crippen molar-refractivity contribution in [2.45, 2.75) is 0 Å². The van der Waals surface area contributed by atoms with Gasteiger partial charge in [0.05, 0.1) is 31.5 Å². The highest BCUT2D eigenvalue weighted by Gasteiger charge is 2.14. The highest BCUT2D eigenvalue weighted by molar-refractivity contribution is 6.32. The molecular formula is C12H17ClN2O4. The van der Waals surface area contributed by atoms with E-state index in [0.29, 0.717) is 22.2 Å². The number of hydrogen-bond donors (Lipinski definition) is 2. The second-order valence-electron chi connectivity index (χ2n) is 3.76. The highest BCUT2D eigenvalue weighted by atomic mass is 35.5. The van der Waals surface area contributed by atoms with Gasteiger partial charge in [0.25, 0.3) is 0 Å². The van der Waals surface area contributed by atoms with E-state index in [9.17, 15) is 4.79 Å². The van der Waals surface area contributed by atoms with Crippen LogP contribution in [0.4, 0.5) is 10.5 Å². The Morgan fingerprint density at radius 3 is 2.53 bits per heavy atom. The fourth-order valence-electron chi connectivity index (χ4n) is 1.42. The monoisotopic (exact) mass is 288 g/mol. The van der Waals surface area contributed by atoms with Gasteiger partial charge < -0.3 is 24.8 Å². The largest absolute Gasteiger partial charge is 0.495 e. The van der Waals surface area contributed by atoms with E-state index in [-0.39, 0.29) is 19.2 Å². The summed E-state index contributed by atoms with van der Waals surface area (Å²) in [7, 11) is 4.54. The Morgan fingerprint density at radius 2 is 2.00 bits per heavy atom. The minimum absolute atomic E-state index is 0.106. The van der Waals surface area contributed by atoms with Crippen molar-refractivity contribution in [2.24, 2.45) is 0 Å². The molecule has 106 valence electrons. The molecule has 0 radical (unpaired) electrons. The van der Waals surface area contributed by atoms with E-state index in [1.807, 2.05) is 0 Å². The second kappa shape index (κ2) is 7.06. The van der Waals surface area contributed by atoms with Crippen LogP contribution in [-0.4, -0.2) is 50.5 Å². The summed E-state index contributed by atoms with van der Waals surface area (Å²) in [5, 5.41) is 11.8. The summed E-state index contributed by atoms with van der Waals surface area (Å²) in [5.74, 6) is 0.860. The van der Waals surface area contributed by atoms with E-state index >= 15 is 0 Å². The smallest absolute Gasteiger partial charge is 0.321 e. The molecule has 0 atom stereocenters. The summed E-state index contributed by atoms with van der Waals surface area (Å²) in [5.41, 5.74) is 0.443. The molecule has 6 nitrogen and oxygen atoms in total. The van der Waals surface area contributed by atoms with Crippen LogP contribution in [0.1, 0.15) is 0 Å². The molecule has 0 aromatic heterocycles. The van der Waals surface area contributed by atoms with Crippen LogP contribution < -0.4 is 14.8 Å². The minimum atomic E-state index is -0.364. The van der Waals surface area contributed by atoms with Gasteiger partial charge in [0.15, 0.2) is 0 Å². The van der Waals surface area contributed by atoms with Gasteiger partial charge in [-0.2, -0.15) is 0 Å². The van der Waals surface area contributed by atoms with Crippen LogP contribution in [0.25, 0.3) is 0 Å². The van der Waals surface area contributed by atoms with Crippen molar-refractivity contribution in [3.05, 3.63) is 17.2 Å². The molecule has 0 aliphatic carbocycles. The molecule has 0 unspecified atom stereocenters. The van der Waals surface area contributed by atoms with Crippen LogP contribution in [-0.2, 0) is 0 Å². The lowest BCUT2D eigenvalue weighted by atomic mass is 10.2. The first-order chi connectivity index (χ1) is 9.03. The number of rotatable bonds is 5. The number of amides is 2. The van der Waals surface area contributed by atoms with Crippen LogP contribution in [0.2, 0.25) is 5.02 Å². The average Bonchev–Trinajstić information content (AvgIpc) is 2.40. The van der Waals surface area contributed by atoms with Gasteiger partial charge in [-0.25, -0.2) is 4.79 Å². The molecule has 0 spiro atoms. The van der Waals surface area contributed by atoms with Crippen LogP contribution in [0, 0.1) is 0 Å². The van der Waals surface area contributed by atoms with Crippen LogP contribution in [0.3, 0.4) is 0 Å². The van der Waals surface area contributed by atoms with Crippen molar-refractivity contribution < 1.29 is 19.4 Å². The van der Waals surface area contributed by atoms with Crippen molar-refractivity contribution in [3.8, 4) is 11.5 Å². The highest BCUT2D eigenvalue weighted by Crippen LogP contribution is 2.35. The fraction of sp³-hybridized carbons (Fsp3) is 0.417. The van der Waals surface area contributed by atoms with Gasteiger partial charge in [-0.1, -0.05) is 11.6 Å². The second-order valence-corrected chi connectivity index (χ2v) is 4.17. The Bertz CT molecular complexity index is 454. The van der Waals surface area contributed by atoms with E-state index in [0.717, 1.165) is 0 Å². The number of aliphatic hydroxyl groups excluding tert-OH is 1. The Morgan fingerprint density at radius 1 is 1.37 bits per heavy atom. The van der Waals surface area contributed by atoms with E-state index in [1.165, 1.54) is 19.1 Å². The molecule has 0 bridgehead atoms. The number of anilines is 1. The molecule has 1 aromatic carbocycles. The first-order valence-corrected chi connectivity index (χ1v) is 5.95. The van der Waals surface area contributed by atoms with Gasteiger partial charge in [-0.3, -0.25) is 0 Å². The van der Waals surface area contributed by atoms with Gasteiger partial charge in [0.1, 0.15) is 11.5 Å². The average molecular weight is 289 g/mol. The number of nitrogens with one attached hydrogen (secondary N) is 1. The van der Waals surface area contributed by atoms with Crippen molar-refractivity contribution in [2.75, 3.05) is 39.7 Å². The summed E-state index contributed by atoms with van der Waals surface area (Å²) in [6.45, 7) is 0.129. The molecule has 0 aliphatic heterocycles. The van der Waals surface area contributed by atoms with Crippen molar-refractivity contribution in [3.63, 3.8) is 0 Å². The predicted octanol–water partition coefficient (Wildman–Crippen LogP) is 1.81. The molecule has 2 N–H and O–H groups in total. The molecule has 7 heteroatoms. The van der Waals surface area contributed by atoms with Gasteiger partial charge in [-0.15, -0.1) is 0 Å². The number of urea groups is 1. The maximum atomic E-state index is 11.8. The number of carbonyl (C=O) groups excluding carboxylic acids is 1. The van der Waals surface area contributed by atoms with Crippen molar-refractivity contribution in [1.29, 1.82) is 0 Å². The zero-order chi connectivity index (χ0) is 14.4. The summed E-state index contributed by atoms with van der Waals surface area (Å²) < 4.78 is 10.2. The fourth-order valence-corrected chi connectivity index (χ4v) is 1.65. The lowest BCUT2D eigenvalue weighted by molar-refractivity contribution is 0.202. The molecular weight excluding hydrogens is 272 g/mol. The van der Waals surface area contributed by atoms with Crippen LogP contribution >= 0.6 is 11.6 Å². The normalized spacial score (nSPS) is 9.95. The van der Waals surface area contributed by atoms with Crippen molar-refractivity contribution >= 4 is 23.3 Å². The van der Waals surface area contributed by atoms with E-state index in [2.05, 4.69) is 5.32 Å². The minimum Gasteiger partial charge on any atom is -0.495 e. The molecule has 1 aromatic rings. The van der Waals surface area contributed by atoms with Gasteiger partial charge in [0, 0.05) is 25.7 Å². The number of methoxy groups -OCH3 is 2. The molecule has 0 fully saturated rings.